The van der Waals surface area contributed by atoms with Gasteiger partial charge in [0.2, 0.25) is 0 Å². The molecule has 0 heterocycles. The van der Waals surface area contributed by atoms with Gasteiger partial charge in [0.05, 0.1) is 0 Å². The minimum Gasteiger partial charge on any atom is -0.298 e. The van der Waals surface area contributed by atoms with Gasteiger partial charge in [-0.25, -0.2) is 0 Å². The molecule has 0 bridgehead atoms. The number of carbonyl (C=O) groups excluding carboxylic acids is 1. The lowest BCUT2D eigenvalue weighted by molar-refractivity contribution is -0.105. The molecule has 1 atom stereocenters. The molecule has 15 heavy (non-hydrogen) atoms. The third kappa shape index (κ3) is 6.48. The van der Waals surface area contributed by atoms with E-state index in [1.165, 1.54) is 25.7 Å². The van der Waals surface area contributed by atoms with Crippen LogP contribution in [0.1, 0.15) is 59.8 Å². The van der Waals surface area contributed by atoms with Gasteiger partial charge in [0.1, 0.15) is 6.29 Å². The molecule has 0 aromatic carbocycles. The summed E-state index contributed by atoms with van der Waals surface area (Å²) in [7, 11) is 0. The fourth-order valence-corrected chi connectivity index (χ4v) is 1.57. The molecule has 0 saturated carbocycles. The molecule has 1 heteroatoms. The first-order valence-corrected chi connectivity index (χ1v) is 6.28. The van der Waals surface area contributed by atoms with Crippen molar-refractivity contribution in [3.8, 4) is 0 Å². The van der Waals surface area contributed by atoms with Gasteiger partial charge < -0.3 is 0 Å². The van der Waals surface area contributed by atoms with Crippen LogP contribution in [0, 0.1) is 11.8 Å². The Hall–Kier alpha value is -0.590. The van der Waals surface area contributed by atoms with E-state index >= 15 is 0 Å². The van der Waals surface area contributed by atoms with Crippen molar-refractivity contribution < 1.29 is 4.79 Å². The van der Waals surface area contributed by atoms with E-state index in [-0.39, 0.29) is 0 Å². The lowest BCUT2D eigenvalue weighted by Crippen LogP contribution is -2.08. The van der Waals surface area contributed by atoms with Crippen molar-refractivity contribution in [3.05, 3.63) is 11.6 Å². The summed E-state index contributed by atoms with van der Waals surface area (Å²) in [6.07, 6.45) is 9.31. The molecular formula is C14H26O. The van der Waals surface area contributed by atoms with Gasteiger partial charge in [0.15, 0.2) is 0 Å². The predicted molar refractivity (Wildman–Crippen MR) is 66.9 cm³/mol. The second-order valence-corrected chi connectivity index (χ2v) is 4.70. The number of hydrogen-bond acceptors (Lipinski definition) is 1. The monoisotopic (exact) mass is 210 g/mol. The average molecular weight is 210 g/mol. The Labute approximate surface area is 95.0 Å². The fourth-order valence-electron chi connectivity index (χ4n) is 1.57. The van der Waals surface area contributed by atoms with E-state index < -0.39 is 0 Å². The van der Waals surface area contributed by atoms with Gasteiger partial charge in [-0.2, -0.15) is 0 Å². The Morgan fingerprint density at radius 2 is 1.80 bits per heavy atom. The van der Waals surface area contributed by atoms with Crippen LogP contribution in [0.25, 0.3) is 0 Å². The molecule has 0 radical (unpaired) electrons. The van der Waals surface area contributed by atoms with Crippen LogP contribution in [0.5, 0.6) is 0 Å². The highest BCUT2D eigenvalue weighted by Gasteiger charge is 2.11. The molecule has 1 nitrogen and oxygen atoms in total. The first kappa shape index (κ1) is 14.4. The molecule has 0 aliphatic heterocycles. The van der Waals surface area contributed by atoms with Gasteiger partial charge >= 0.3 is 0 Å². The van der Waals surface area contributed by atoms with Gasteiger partial charge in [-0.1, -0.05) is 53.0 Å². The van der Waals surface area contributed by atoms with Gasteiger partial charge in [-0.05, 0) is 30.3 Å². The van der Waals surface area contributed by atoms with Crippen molar-refractivity contribution in [1.82, 2.24) is 0 Å². The Bertz CT molecular complexity index is 192. The largest absolute Gasteiger partial charge is 0.298 e. The highest BCUT2D eigenvalue weighted by molar-refractivity contribution is 5.73. The molecule has 0 fully saturated rings. The Balaban J connectivity index is 3.94. The van der Waals surface area contributed by atoms with Gasteiger partial charge in [-0.15, -0.1) is 0 Å². The van der Waals surface area contributed by atoms with Gasteiger partial charge in [-0.3, -0.25) is 4.79 Å². The Kier molecular flexibility index (Phi) is 8.35. The predicted octanol–water partition coefficient (Wildman–Crippen LogP) is 4.37. The topological polar surface area (TPSA) is 17.1 Å². The number of unbranched alkanes of at least 4 members (excludes halogenated alkanes) is 4. The average Bonchev–Trinajstić information content (AvgIpc) is 2.22. The van der Waals surface area contributed by atoms with Crippen LogP contribution in [0.15, 0.2) is 11.6 Å². The standard InChI is InChI=1S/C14H26O/c1-5-6-7-8-9-10-14(11-15)13(4)12(2)3/h10-13H,5-9H2,1-4H3/b14-10+. The van der Waals surface area contributed by atoms with E-state index in [1.807, 2.05) is 0 Å². The quantitative estimate of drug-likeness (QED) is 0.330. The Morgan fingerprint density at radius 1 is 1.13 bits per heavy atom. The van der Waals surface area contributed by atoms with Crippen LogP contribution in [0.2, 0.25) is 0 Å². The summed E-state index contributed by atoms with van der Waals surface area (Å²) in [6, 6.07) is 0. The molecule has 0 aliphatic carbocycles. The molecule has 0 N–H and O–H groups in total. The molecule has 0 amide bonds. The third-order valence-electron chi connectivity index (χ3n) is 3.10. The normalized spacial score (nSPS) is 14.3. The summed E-state index contributed by atoms with van der Waals surface area (Å²) in [5, 5.41) is 0. The zero-order chi connectivity index (χ0) is 11.7. The maximum absolute atomic E-state index is 10.9. The number of aldehydes is 1. The molecule has 0 aromatic rings. The van der Waals surface area contributed by atoms with Crippen molar-refractivity contribution in [2.45, 2.75) is 59.8 Å². The van der Waals surface area contributed by atoms with Crippen molar-refractivity contribution >= 4 is 6.29 Å². The van der Waals surface area contributed by atoms with E-state index in [0.29, 0.717) is 11.8 Å². The minimum absolute atomic E-state index is 0.397. The summed E-state index contributed by atoms with van der Waals surface area (Å²) in [4.78, 5) is 10.9. The van der Waals surface area contributed by atoms with Crippen LogP contribution >= 0.6 is 0 Å². The van der Waals surface area contributed by atoms with Crippen LogP contribution in [-0.2, 0) is 4.79 Å². The zero-order valence-corrected chi connectivity index (χ0v) is 10.8. The second kappa shape index (κ2) is 8.70. The van der Waals surface area contributed by atoms with Gasteiger partial charge in [0, 0.05) is 0 Å². The summed E-state index contributed by atoms with van der Waals surface area (Å²) in [5.74, 6) is 0.950. The highest BCUT2D eigenvalue weighted by Crippen LogP contribution is 2.19. The maximum atomic E-state index is 10.9. The number of hydrogen-bond donors (Lipinski definition) is 0. The summed E-state index contributed by atoms with van der Waals surface area (Å²) < 4.78 is 0. The van der Waals surface area contributed by atoms with Crippen molar-refractivity contribution in [3.63, 3.8) is 0 Å². The molecule has 1 unspecified atom stereocenters. The van der Waals surface area contributed by atoms with Gasteiger partial charge in [0.25, 0.3) is 0 Å². The number of carbonyl (C=O) groups is 1. The summed E-state index contributed by atoms with van der Waals surface area (Å²) in [5.41, 5.74) is 0.987. The highest BCUT2D eigenvalue weighted by atomic mass is 16.1. The van der Waals surface area contributed by atoms with Crippen molar-refractivity contribution in [1.29, 1.82) is 0 Å². The van der Waals surface area contributed by atoms with Crippen LogP contribution in [0.3, 0.4) is 0 Å². The molecule has 0 rings (SSSR count). The van der Waals surface area contributed by atoms with Crippen molar-refractivity contribution in [2.75, 3.05) is 0 Å². The van der Waals surface area contributed by atoms with E-state index in [0.717, 1.165) is 18.3 Å². The van der Waals surface area contributed by atoms with Crippen LogP contribution in [-0.4, -0.2) is 6.29 Å². The van der Waals surface area contributed by atoms with E-state index in [9.17, 15) is 4.79 Å². The summed E-state index contributed by atoms with van der Waals surface area (Å²) >= 11 is 0. The van der Waals surface area contributed by atoms with Crippen LogP contribution < -0.4 is 0 Å². The maximum Gasteiger partial charge on any atom is 0.145 e. The third-order valence-corrected chi connectivity index (χ3v) is 3.10. The molecule has 88 valence electrons. The molecule has 0 saturated heterocycles. The molecule has 0 spiro atoms. The Morgan fingerprint density at radius 3 is 2.27 bits per heavy atom. The lowest BCUT2D eigenvalue weighted by atomic mass is 9.90. The first-order chi connectivity index (χ1) is 7.13. The first-order valence-electron chi connectivity index (χ1n) is 6.28. The smallest absolute Gasteiger partial charge is 0.145 e. The number of allylic oxidation sites excluding steroid dienone is 2. The van der Waals surface area contributed by atoms with E-state index in [1.54, 1.807) is 0 Å². The van der Waals surface area contributed by atoms with E-state index in [2.05, 4.69) is 33.8 Å². The second-order valence-electron chi connectivity index (χ2n) is 4.70. The SMILES string of the molecule is CCCCCC/C=C(\C=O)C(C)C(C)C. The minimum atomic E-state index is 0.397. The van der Waals surface area contributed by atoms with Crippen LogP contribution in [0.4, 0.5) is 0 Å². The molecule has 0 aromatic heterocycles. The summed E-state index contributed by atoms with van der Waals surface area (Å²) in [6.45, 7) is 8.68. The number of rotatable bonds is 8. The van der Waals surface area contributed by atoms with Crippen molar-refractivity contribution in [2.24, 2.45) is 11.8 Å². The zero-order valence-electron chi connectivity index (χ0n) is 10.8. The fraction of sp³-hybridized carbons (Fsp3) is 0.786. The van der Waals surface area contributed by atoms with E-state index in [4.69, 9.17) is 0 Å². The molecule has 0 aliphatic rings. The lowest BCUT2D eigenvalue weighted by Gasteiger charge is -2.15. The molecular weight excluding hydrogens is 184 g/mol.